The number of hydrogen-bond acceptors (Lipinski definition) is 3. The summed E-state index contributed by atoms with van der Waals surface area (Å²) in [6.07, 6.45) is -0.531. The van der Waals surface area contributed by atoms with Crippen LogP contribution in [0.2, 0.25) is 0 Å². The van der Waals surface area contributed by atoms with E-state index in [1.54, 1.807) is 4.90 Å². The summed E-state index contributed by atoms with van der Waals surface area (Å²) in [5.41, 5.74) is 0. The SMILES string of the molecule is CC(C)OC1CN(C(=O)C(C)O)C1. The number of hydrogen-bond donors (Lipinski definition) is 1. The van der Waals surface area contributed by atoms with Crippen molar-refractivity contribution in [2.45, 2.75) is 39.1 Å². The van der Waals surface area contributed by atoms with Crippen molar-refractivity contribution >= 4 is 5.91 Å². The number of carbonyl (C=O) groups is 1. The Morgan fingerprint density at radius 3 is 2.38 bits per heavy atom. The fourth-order valence-corrected chi connectivity index (χ4v) is 1.35. The van der Waals surface area contributed by atoms with E-state index in [-0.39, 0.29) is 18.1 Å². The Hall–Kier alpha value is -0.610. The normalized spacial score (nSPS) is 20.2. The van der Waals surface area contributed by atoms with Gasteiger partial charge in [-0.05, 0) is 20.8 Å². The van der Waals surface area contributed by atoms with Crippen LogP contribution in [0.25, 0.3) is 0 Å². The molecule has 1 heterocycles. The summed E-state index contributed by atoms with van der Waals surface area (Å²) in [6, 6.07) is 0. The molecule has 0 saturated carbocycles. The molecule has 1 saturated heterocycles. The number of ether oxygens (including phenoxy) is 1. The summed E-state index contributed by atoms with van der Waals surface area (Å²) < 4.78 is 5.47. The third-order valence-electron chi connectivity index (χ3n) is 1.98. The zero-order valence-electron chi connectivity index (χ0n) is 8.36. The second kappa shape index (κ2) is 4.07. The first-order chi connectivity index (χ1) is 6.00. The van der Waals surface area contributed by atoms with E-state index in [9.17, 15) is 4.79 Å². The Kier molecular flexibility index (Phi) is 3.27. The molecule has 0 aliphatic carbocycles. The highest BCUT2D eigenvalue weighted by Crippen LogP contribution is 2.14. The second-order valence-corrected chi connectivity index (χ2v) is 3.73. The van der Waals surface area contributed by atoms with E-state index < -0.39 is 6.10 Å². The molecule has 0 bridgehead atoms. The molecular weight excluding hydrogens is 170 g/mol. The highest BCUT2D eigenvalue weighted by molar-refractivity contribution is 5.81. The zero-order valence-corrected chi connectivity index (χ0v) is 8.36. The number of carbonyl (C=O) groups excluding carboxylic acids is 1. The molecule has 13 heavy (non-hydrogen) atoms. The van der Waals surface area contributed by atoms with Gasteiger partial charge < -0.3 is 14.7 Å². The Labute approximate surface area is 78.5 Å². The fourth-order valence-electron chi connectivity index (χ4n) is 1.35. The molecule has 1 N–H and O–H groups in total. The summed E-state index contributed by atoms with van der Waals surface area (Å²) in [4.78, 5) is 12.8. The summed E-state index contributed by atoms with van der Waals surface area (Å²) in [6.45, 7) is 6.65. The van der Waals surface area contributed by atoms with Crippen molar-refractivity contribution < 1.29 is 14.6 Å². The van der Waals surface area contributed by atoms with Gasteiger partial charge >= 0.3 is 0 Å². The van der Waals surface area contributed by atoms with Crippen molar-refractivity contribution in [2.24, 2.45) is 0 Å². The maximum atomic E-state index is 11.2. The maximum absolute atomic E-state index is 11.2. The Bertz CT molecular complexity index is 185. The smallest absolute Gasteiger partial charge is 0.251 e. The van der Waals surface area contributed by atoms with Gasteiger partial charge in [0.1, 0.15) is 6.10 Å². The minimum absolute atomic E-state index is 0.155. The van der Waals surface area contributed by atoms with Crippen LogP contribution in [0.4, 0.5) is 0 Å². The lowest BCUT2D eigenvalue weighted by atomic mass is 10.1. The van der Waals surface area contributed by atoms with E-state index in [4.69, 9.17) is 9.84 Å². The van der Waals surface area contributed by atoms with Crippen molar-refractivity contribution in [3.8, 4) is 0 Å². The van der Waals surface area contributed by atoms with Crippen molar-refractivity contribution in [1.29, 1.82) is 0 Å². The van der Waals surface area contributed by atoms with Gasteiger partial charge in [0, 0.05) is 13.1 Å². The largest absolute Gasteiger partial charge is 0.384 e. The number of amides is 1. The molecule has 1 atom stereocenters. The van der Waals surface area contributed by atoms with Gasteiger partial charge in [-0.3, -0.25) is 4.79 Å². The number of likely N-dealkylation sites (tertiary alicyclic amines) is 1. The molecule has 0 radical (unpaired) electrons. The predicted octanol–water partition coefficient (Wildman–Crippen LogP) is 0.00300. The Morgan fingerprint density at radius 2 is 2.00 bits per heavy atom. The highest BCUT2D eigenvalue weighted by atomic mass is 16.5. The molecule has 0 spiro atoms. The van der Waals surface area contributed by atoms with Gasteiger partial charge in [0.15, 0.2) is 0 Å². The Balaban J connectivity index is 2.22. The van der Waals surface area contributed by atoms with Crippen LogP contribution in [0.5, 0.6) is 0 Å². The molecule has 1 aliphatic rings. The van der Waals surface area contributed by atoms with Crippen LogP contribution in [0.1, 0.15) is 20.8 Å². The van der Waals surface area contributed by atoms with Crippen molar-refractivity contribution in [1.82, 2.24) is 4.90 Å². The molecule has 1 fully saturated rings. The van der Waals surface area contributed by atoms with Crippen LogP contribution < -0.4 is 0 Å². The predicted molar refractivity (Wildman–Crippen MR) is 48.3 cm³/mol. The molecular formula is C9H17NO3. The molecule has 1 aliphatic heterocycles. The van der Waals surface area contributed by atoms with Gasteiger partial charge in [0.2, 0.25) is 0 Å². The lowest BCUT2D eigenvalue weighted by molar-refractivity contribution is -0.155. The summed E-state index contributed by atoms with van der Waals surface area (Å²) in [7, 11) is 0. The minimum Gasteiger partial charge on any atom is -0.384 e. The molecule has 0 aromatic rings. The fraction of sp³-hybridized carbons (Fsp3) is 0.889. The molecule has 4 nitrogen and oxygen atoms in total. The number of rotatable bonds is 3. The average molecular weight is 187 g/mol. The van der Waals surface area contributed by atoms with E-state index in [0.29, 0.717) is 13.1 Å². The first-order valence-corrected chi connectivity index (χ1v) is 4.63. The monoisotopic (exact) mass is 187 g/mol. The third-order valence-corrected chi connectivity index (χ3v) is 1.98. The lowest BCUT2D eigenvalue weighted by Gasteiger charge is -2.40. The van der Waals surface area contributed by atoms with Crippen LogP contribution in [0, 0.1) is 0 Å². The van der Waals surface area contributed by atoms with E-state index in [2.05, 4.69) is 0 Å². The van der Waals surface area contributed by atoms with Crippen LogP contribution >= 0.6 is 0 Å². The van der Waals surface area contributed by atoms with E-state index in [1.165, 1.54) is 6.92 Å². The number of aliphatic hydroxyl groups is 1. The van der Waals surface area contributed by atoms with Gasteiger partial charge in [0.05, 0.1) is 12.2 Å². The van der Waals surface area contributed by atoms with Crippen molar-refractivity contribution in [2.75, 3.05) is 13.1 Å². The Morgan fingerprint density at radius 1 is 1.46 bits per heavy atom. The van der Waals surface area contributed by atoms with Crippen LogP contribution in [-0.4, -0.2) is 47.3 Å². The second-order valence-electron chi connectivity index (χ2n) is 3.73. The summed E-state index contributed by atoms with van der Waals surface area (Å²) in [5.74, 6) is -0.205. The van der Waals surface area contributed by atoms with Gasteiger partial charge in [-0.25, -0.2) is 0 Å². The van der Waals surface area contributed by atoms with E-state index >= 15 is 0 Å². The van der Waals surface area contributed by atoms with Crippen LogP contribution in [-0.2, 0) is 9.53 Å². The topological polar surface area (TPSA) is 49.8 Å². The first kappa shape index (κ1) is 10.5. The molecule has 0 aromatic heterocycles. The quantitative estimate of drug-likeness (QED) is 0.676. The standard InChI is InChI=1S/C9H17NO3/c1-6(2)13-8-4-10(5-8)9(12)7(3)11/h6-8,11H,4-5H2,1-3H3. The molecule has 1 amide bonds. The van der Waals surface area contributed by atoms with Gasteiger partial charge in [-0.2, -0.15) is 0 Å². The third kappa shape index (κ3) is 2.67. The van der Waals surface area contributed by atoms with Crippen LogP contribution in [0.3, 0.4) is 0 Å². The molecule has 0 aromatic carbocycles. The number of nitrogens with zero attached hydrogens (tertiary/aromatic N) is 1. The van der Waals surface area contributed by atoms with Crippen molar-refractivity contribution in [3.63, 3.8) is 0 Å². The maximum Gasteiger partial charge on any atom is 0.251 e. The highest BCUT2D eigenvalue weighted by Gasteiger charge is 2.33. The van der Waals surface area contributed by atoms with Gasteiger partial charge in [-0.15, -0.1) is 0 Å². The summed E-state index contributed by atoms with van der Waals surface area (Å²) in [5, 5.41) is 8.99. The number of aliphatic hydroxyl groups excluding tert-OH is 1. The molecule has 1 unspecified atom stereocenters. The van der Waals surface area contributed by atoms with Crippen molar-refractivity contribution in [3.05, 3.63) is 0 Å². The van der Waals surface area contributed by atoms with E-state index in [1.807, 2.05) is 13.8 Å². The van der Waals surface area contributed by atoms with Crippen LogP contribution in [0.15, 0.2) is 0 Å². The van der Waals surface area contributed by atoms with Gasteiger partial charge in [0.25, 0.3) is 5.91 Å². The van der Waals surface area contributed by atoms with E-state index in [0.717, 1.165) is 0 Å². The molecule has 4 heteroatoms. The first-order valence-electron chi connectivity index (χ1n) is 4.63. The average Bonchev–Trinajstić information content (AvgIpc) is 1.94. The minimum atomic E-state index is -0.889. The van der Waals surface area contributed by atoms with Gasteiger partial charge in [-0.1, -0.05) is 0 Å². The summed E-state index contributed by atoms with van der Waals surface area (Å²) >= 11 is 0. The lowest BCUT2D eigenvalue weighted by Crippen LogP contribution is -2.57. The molecule has 76 valence electrons. The molecule has 1 rings (SSSR count). The zero-order chi connectivity index (χ0) is 10.0.